The Kier molecular flexibility index (Phi) is 6.23. The number of aromatic nitrogens is 3. The smallest absolute Gasteiger partial charge is 0.164 e. The highest BCUT2D eigenvalue weighted by Gasteiger charge is 2.35. The van der Waals surface area contributed by atoms with Gasteiger partial charge < -0.3 is 4.90 Å². The number of rotatable bonds is 5. The molecule has 0 saturated heterocycles. The SMILES string of the molecule is C1=CCC2C(=C1)N(c1ccccc1-c1ccccc1-c1nc(-c3ccccc3)nc(-c3ccccc3)n1)c1ccccc12. The van der Waals surface area contributed by atoms with Crippen molar-refractivity contribution < 1.29 is 0 Å². The standard InChI is InChI=1S/C39H28N4/c1-3-15-27(16-4-1)37-40-38(28-17-5-2-6-18-28)42-39(41-37)33-23-8-7-19-29(33)30-20-9-12-24-34(30)43-35-25-13-10-21-31(35)32-22-11-14-26-36(32)43/h1-21,23-26,32H,22H2. The zero-order valence-corrected chi connectivity index (χ0v) is 23.5. The Bertz CT molecular complexity index is 1950. The Morgan fingerprint density at radius 2 is 1.02 bits per heavy atom. The lowest BCUT2D eigenvalue weighted by atomic mass is 9.92. The van der Waals surface area contributed by atoms with Gasteiger partial charge in [0.15, 0.2) is 17.5 Å². The maximum absolute atomic E-state index is 5.06. The van der Waals surface area contributed by atoms with E-state index in [0.717, 1.165) is 39.9 Å². The fourth-order valence-corrected chi connectivity index (χ4v) is 6.27. The number of nitrogens with zero attached hydrogens (tertiary/aromatic N) is 4. The highest BCUT2D eigenvalue weighted by atomic mass is 15.2. The molecule has 1 aliphatic carbocycles. The maximum Gasteiger partial charge on any atom is 0.164 e. The second-order valence-corrected chi connectivity index (χ2v) is 10.8. The van der Waals surface area contributed by atoms with Gasteiger partial charge in [0, 0.05) is 39.6 Å². The molecule has 6 aromatic rings. The first kappa shape index (κ1) is 25.1. The van der Waals surface area contributed by atoms with Crippen LogP contribution in [0.1, 0.15) is 17.9 Å². The first-order chi connectivity index (χ1) is 21.3. The average molecular weight is 553 g/mol. The number of hydrogen-bond donors (Lipinski definition) is 0. The highest BCUT2D eigenvalue weighted by molar-refractivity contribution is 5.93. The van der Waals surface area contributed by atoms with Crippen LogP contribution in [0.25, 0.3) is 45.3 Å². The van der Waals surface area contributed by atoms with Gasteiger partial charge in [0.25, 0.3) is 0 Å². The van der Waals surface area contributed by atoms with Gasteiger partial charge >= 0.3 is 0 Å². The topological polar surface area (TPSA) is 41.9 Å². The molecule has 1 atom stereocenters. The van der Waals surface area contributed by atoms with Crippen LogP contribution in [0.15, 0.2) is 157 Å². The molecule has 5 aromatic carbocycles. The molecule has 8 rings (SSSR count). The number of fused-ring (bicyclic) bond motifs is 3. The van der Waals surface area contributed by atoms with Gasteiger partial charge in [-0.1, -0.05) is 133 Å². The van der Waals surface area contributed by atoms with E-state index in [0.29, 0.717) is 23.4 Å². The summed E-state index contributed by atoms with van der Waals surface area (Å²) in [6, 6.07) is 46.2. The van der Waals surface area contributed by atoms with Crippen molar-refractivity contribution in [2.45, 2.75) is 12.3 Å². The third kappa shape index (κ3) is 4.45. The van der Waals surface area contributed by atoms with Crippen LogP contribution in [0.3, 0.4) is 0 Å². The summed E-state index contributed by atoms with van der Waals surface area (Å²) in [4.78, 5) is 17.5. The molecule has 0 spiro atoms. The summed E-state index contributed by atoms with van der Waals surface area (Å²) in [5, 5.41) is 0. The molecule has 2 heterocycles. The Balaban J connectivity index is 1.32. The molecule has 0 radical (unpaired) electrons. The van der Waals surface area contributed by atoms with Gasteiger partial charge in [0.2, 0.25) is 0 Å². The van der Waals surface area contributed by atoms with Gasteiger partial charge in [-0.05, 0) is 35.8 Å². The van der Waals surface area contributed by atoms with Gasteiger partial charge in [-0.25, -0.2) is 15.0 Å². The maximum atomic E-state index is 5.06. The van der Waals surface area contributed by atoms with Gasteiger partial charge in [-0.15, -0.1) is 0 Å². The van der Waals surface area contributed by atoms with Crippen molar-refractivity contribution in [3.05, 3.63) is 163 Å². The largest absolute Gasteiger partial charge is 0.313 e. The zero-order chi connectivity index (χ0) is 28.6. The molecule has 43 heavy (non-hydrogen) atoms. The summed E-state index contributed by atoms with van der Waals surface area (Å²) in [6.07, 6.45) is 7.72. The van der Waals surface area contributed by atoms with Crippen LogP contribution >= 0.6 is 0 Å². The van der Waals surface area contributed by atoms with Crippen LogP contribution < -0.4 is 4.90 Å². The molecule has 0 N–H and O–H groups in total. The molecule has 1 aromatic heterocycles. The van der Waals surface area contributed by atoms with E-state index in [1.807, 2.05) is 60.7 Å². The van der Waals surface area contributed by atoms with E-state index < -0.39 is 0 Å². The first-order valence-corrected chi connectivity index (χ1v) is 14.7. The van der Waals surface area contributed by atoms with E-state index in [1.54, 1.807) is 0 Å². The van der Waals surface area contributed by atoms with Crippen molar-refractivity contribution in [2.24, 2.45) is 0 Å². The van der Waals surface area contributed by atoms with E-state index in [4.69, 9.17) is 15.0 Å². The van der Waals surface area contributed by atoms with Crippen LogP contribution in [0.2, 0.25) is 0 Å². The van der Waals surface area contributed by atoms with Gasteiger partial charge in [-0.3, -0.25) is 0 Å². The molecule has 204 valence electrons. The predicted octanol–water partition coefficient (Wildman–Crippen LogP) is 9.62. The zero-order valence-electron chi connectivity index (χ0n) is 23.5. The molecule has 0 bridgehead atoms. The summed E-state index contributed by atoms with van der Waals surface area (Å²) in [7, 11) is 0. The molecule has 4 heteroatoms. The lowest BCUT2D eigenvalue weighted by molar-refractivity contribution is 0.820. The van der Waals surface area contributed by atoms with Crippen LogP contribution in [-0.2, 0) is 0 Å². The van der Waals surface area contributed by atoms with Gasteiger partial charge in [0.05, 0.1) is 5.69 Å². The highest BCUT2D eigenvalue weighted by Crippen LogP contribution is 2.52. The summed E-state index contributed by atoms with van der Waals surface area (Å²) < 4.78 is 0. The first-order valence-electron chi connectivity index (χ1n) is 14.7. The second kappa shape index (κ2) is 10.7. The Hall–Kier alpha value is -5.61. The van der Waals surface area contributed by atoms with E-state index >= 15 is 0 Å². The van der Waals surface area contributed by atoms with Crippen molar-refractivity contribution in [1.29, 1.82) is 0 Å². The molecule has 2 aliphatic rings. The fourth-order valence-electron chi connectivity index (χ4n) is 6.27. The third-order valence-electron chi connectivity index (χ3n) is 8.25. The summed E-state index contributed by atoms with van der Waals surface area (Å²) in [5.74, 6) is 2.32. The molecule has 1 unspecified atom stereocenters. The number of para-hydroxylation sites is 2. The number of anilines is 2. The second-order valence-electron chi connectivity index (χ2n) is 10.8. The minimum absolute atomic E-state index is 0.356. The predicted molar refractivity (Wildman–Crippen MR) is 175 cm³/mol. The van der Waals surface area contributed by atoms with Crippen molar-refractivity contribution >= 4 is 11.4 Å². The van der Waals surface area contributed by atoms with Crippen LogP contribution in [0.5, 0.6) is 0 Å². The molecule has 4 nitrogen and oxygen atoms in total. The van der Waals surface area contributed by atoms with Gasteiger partial charge in [-0.2, -0.15) is 0 Å². The summed E-state index contributed by atoms with van der Waals surface area (Å²) in [6.45, 7) is 0. The van der Waals surface area contributed by atoms with E-state index in [2.05, 4.69) is 95.9 Å². The Morgan fingerprint density at radius 3 is 1.72 bits per heavy atom. The molecule has 0 saturated carbocycles. The van der Waals surface area contributed by atoms with Gasteiger partial charge in [0.1, 0.15) is 0 Å². The molecule has 0 amide bonds. The monoisotopic (exact) mass is 552 g/mol. The van der Waals surface area contributed by atoms with Crippen LogP contribution in [0, 0.1) is 0 Å². The van der Waals surface area contributed by atoms with Crippen LogP contribution in [-0.4, -0.2) is 15.0 Å². The Morgan fingerprint density at radius 1 is 0.488 bits per heavy atom. The third-order valence-corrected chi connectivity index (χ3v) is 8.25. The number of hydrogen-bond acceptors (Lipinski definition) is 4. The lowest BCUT2D eigenvalue weighted by Gasteiger charge is -2.27. The van der Waals surface area contributed by atoms with E-state index in [1.165, 1.54) is 16.9 Å². The fraction of sp³-hybridized carbons (Fsp3) is 0.0513. The Labute approximate surface area is 251 Å². The quantitative estimate of drug-likeness (QED) is 0.214. The minimum Gasteiger partial charge on any atom is -0.313 e. The lowest BCUT2D eigenvalue weighted by Crippen LogP contribution is -2.15. The average Bonchev–Trinajstić information content (AvgIpc) is 3.43. The molecule has 0 fully saturated rings. The molecular formula is C39H28N4. The molecular weight excluding hydrogens is 524 g/mol. The number of benzene rings is 5. The van der Waals surface area contributed by atoms with Crippen molar-refractivity contribution in [3.63, 3.8) is 0 Å². The van der Waals surface area contributed by atoms with E-state index in [9.17, 15) is 0 Å². The van der Waals surface area contributed by atoms with E-state index in [-0.39, 0.29) is 0 Å². The summed E-state index contributed by atoms with van der Waals surface area (Å²) in [5.41, 5.74) is 10.2. The molecule has 1 aliphatic heterocycles. The van der Waals surface area contributed by atoms with Crippen molar-refractivity contribution in [2.75, 3.05) is 4.90 Å². The summed E-state index contributed by atoms with van der Waals surface area (Å²) >= 11 is 0. The van der Waals surface area contributed by atoms with Crippen LogP contribution in [0.4, 0.5) is 11.4 Å². The van der Waals surface area contributed by atoms with Crippen molar-refractivity contribution in [3.8, 4) is 45.3 Å². The van der Waals surface area contributed by atoms with Crippen molar-refractivity contribution in [1.82, 2.24) is 15.0 Å². The number of allylic oxidation sites excluding steroid dienone is 4. The normalized spacial score (nSPS) is 15.1. The minimum atomic E-state index is 0.356.